The van der Waals surface area contributed by atoms with Crippen LogP contribution in [0, 0.1) is 17.3 Å². The van der Waals surface area contributed by atoms with Crippen LogP contribution < -0.4 is 0 Å². The predicted octanol–water partition coefficient (Wildman–Crippen LogP) is 2.97. The molecule has 1 saturated carbocycles. The Morgan fingerprint density at radius 1 is 1.39 bits per heavy atom. The van der Waals surface area contributed by atoms with Crippen molar-refractivity contribution in [2.45, 2.75) is 46.1 Å². The van der Waals surface area contributed by atoms with Crippen LogP contribution in [-0.2, 0) is 4.79 Å². The summed E-state index contributed by atoms with van der Waals surface area (Å²) >= 11 is 0. The van der Waals surface area contributed by atoms with Crippen molar-refractivity contribution in [2.75, 3.05) is 0 Å². The average Bonchev–Trinajstić information content (AvgIpc) is 2.80. The standard InChI is InChI=1S/C14H22N2O2/c1-14(2,3)10-5-6-11(13(17)18)12(9-10)16-8-4-7-15-16/h4,7-8,10-12H,5-6,9H2,1-3H3,(H,17,18). The highest BCUT2D eigenvalue weighted by molar-refractivity contribution is 5.70. The molecule has 0 aliphatic heterocycles. The van der Waals surface area contributed by atoms with Crippen LogP contribution in [0.4, 0.5) is 0 Å². The van der Waals surface area contributed by atoms with Gasteiger partial charge in [0.1, 0.15) is 0 Å². The third-order valence-electron chi connectivity index (χ3n) is 4.22. The number of aromatic nitrogens is 2. The van der Waals surface area contributed by atoms with E-state index in [2.05, 4.69) is 25.9 Å². The quantitative estimate of drug-likeness (QED) is 0.878. The Labute approximate surface area is 108 Å². The van der Waals surface area contributed by atoms with Gasteiger partial charge in [-0.1, -0.05) is 20.8 Å². The van der Waals surface area contributed by atoms with Crippen LogP contribution in [0.3, 0.4) is 0 Å². The maximum absolute atomic E-state index is 11.4. The van der Waals surface area contributed by atoms with E-state index in [9.17, 15) is 9.90 Å². The lowest BCUT2D eigenvalue weighted by atomic mass is 9.68. The Morgan fingerprint density at radius 3 is 2.61 bits per heavy atom. The van der Waals surface area contributed by atoms with Crippen LogP contribution in [0.25, 0.3) is 0 Å². The second-order valence-corrected chi connectivity index (χ2v) is 6.37. The van der Waals surface area contributed by atoms with E-state index in [1.54, 1.807) is 6.20 Å². The molecule has 1 aliphatic carbocycles. The van der Waals surface area contributed by atoms with E-state index in [1.807, 2.05) is 16.9 Å². The molecule has 1 aliphatic rings. The van der Waals surface area contributed by atoms with E-state index < -0.39 is 5.97 Å². The Balaban J connectivity index is 2.22. The highest BCUT2D eigenvalue weighted by Gasteiger charge is 2.40. The Hall–Kier alpha value is -1.32. The molecule has 1 N–H and O–H groups in total. The molecule has 0 bridgehead atoms. The zero-order valence-electron chi connectivity index (χ0n) is 11.3. The van der Waals surface area contributed by atoms with Gasteiger partial charge < -0.3 is 5.11 Å². The van der Waals surface area contributed by atoms with Crippen LogP contribution >= 0.6 is 0 Å². The molecule has 18 heavy (non-hydrogen) atoms. The van der Waals surface area contributed by atoms with Crippen LogP contribution in [0.15, 0.2) is 18.5 Å². The van der Waals surface area contributed by atoms with Gasteiger partial charge in [0.2, 0.25) is 0 Å². The van der Waals surface area contributed by atoms with Crippen LogP contribution in [0.1, 0.15) is 46.1 Å². The monoisotopic (exact) mass is 250 g/mol. The largest absolute Gasteiger partial charge is 0.481 e. The summed E-state index contributed by atoms with van der Waals surface area (Å²) in [5, 5.41) is 13.6. The fourth-order valence-electron chi connectivity index (χ4n) is 2.99. The maximum Gasteiger partial charge on any atom is 0.308 e. The lowest BCUT2D eigenvalue weighted by Gasteiger charge is -2.40. The van der Waals surface area contributed by atoms with Crippen molar-refractivity contribution in [3.63, 3.8) is 0 Å². The van der Waals surface area contributed by atoms with Gasteiger partial charge in [-0.15, -0.1) is 0 Å². The molecule has 1 aromatic heterocycles. The lowest BCUT2D eigenvalue weighted by molar-refractivity contribution is -0.145. The molecule has 3 unspecified atom stereocenters. The van der Waals surface area contributed by atoms with Crippen molar-refractivity contribution in [3.05, 3.63) is 18.5 Å². The molecule has 4 nitrogen and oxygen atoms in total. The van der Waals surface area contributed by atoms with Gasteiger partial charge in [-0.05, 0) is 36.7 Å². The summed E-state index contributed by atoms with van der Waals surface area (Å²) in [5.41, 5.74) is 0.231. The minimum Gasteiger partial charge on any atom is -0.481 e. The molecule has 0 aromatic carbocycles. The van der Waals surface area contributed by atoms with E-state index in [1.165, 1.54) is 0 Å². The molecular weight excluding hydrogens is 228 g/mol. The van der Waals surface area contributed by atoms with Crippen molar-refractivity contribution in [3.8, 4) is 0 Å². The molecule has 0 amide bonds. The van der Waals surface area contributed by atoms with Crippen LogP contribution in [0.5, 0.6) is 0 Å². The van der Waals surface area contributed by atoms with Gasteiger partial charge in [-0.25, -0.2) is 0 Å². The number of hydrogen-bond acceptors (Lipinski definition) is 2. The summed E-state index contributed by atoms with van der Waals surface area (Å²) in [5.74, 6) is -0.436. The van der Waals surface area contributed by atoms with Crippen molar-refractivity contribution in [1.29, 1.82) is 0 Å². The first-order chi connectivity index (χ1) is 8.39. The maximum atomic E-state index is 11.4. The Bertz CT molecular complexity index is 406. The molecule has 2 rings (SSSR count). The van der Waals surface area contributed by atoms with Crippen molar-refractivity contribution < 1.29 is 9.90 Å². The number of aliphatic carboxylic acids is 1. The minimum absolute atomic E-state index is 0.00419. The molecule has 4 heteroatoms. The number of carbonyl (C=O) groups is 1. The van der Waals surface area contributed by atoms with Gasteiger partial charge in [0.05, 0.1) is 12.0 Å². The van der Waals surface area contributed by atoms with E-state index in [4.69, 9.17) is 0 Å². The molecule has 1 heterocycles. The first kappa shape index (κ1) is 13.1. The second kappa shape index (κ2) is 4.75. The molecule has 0 radical (unpaired) electrons. The van der Waals surface area contributed by atoms with Gasteiger partial charge in [0.25, 0.3) is 0 Å². The Morgan fingerprint density at radius 2 is 2.11 bits per heavy atom. The van der Waals surface area contributed by atoms with Crippen molar-refractivity contribution >= 4 is 5.97 Å². The molecule has 1 fully saturated rings. The van der Waals surface area contributed by atoms with Gasteiger partial charge in [-0.2, -0.15) is 5.10 Å². The summed E-state index contributed by atoms with van der Waals surface area (Å²) < 4.78 is 1.83. The topological polar surface area (TPSA) is 55.1 Å². The van der Waals surface area contributed by atoms with E-state index in [-0.39, 0.29) is 17.4 Å². The molecule has 1 aromatic rings. The average molecular weight is 250 g/mol. The number of nitrogens with zero attached hydrogens (tertiary/aromatic N) is 2. The summed E-state index contributed by atoms with van der Waals surface area (Å²) in [6.07, 6.45) is 6.26. The summed E-state index contributed by atoms with van der Waals surface area (Å²) in [6, 6.07) is 1.86. The summed E-state index contributed by atoms with van der Waals surface area (Å²) in [7, 11) is 0. The SMILES string of the molecule is CC(C)(C)C1CCC(C(=O)O)C(n2cccn2)C1. The van der Waals surface area contributed by atoms with Crippen LogP contribution in [-0.4, -0.2) is 20.9 Å². The van der Waals surface area contributed by atoms with Gasteiger partial charge in [0, 0.05) is 12.4 Å². The first-order valence-corrected chi connectivity index (χ1v) is 6.61. The molecule has 0 spiro atoms. The first-order valence-electron chi connectivity index (χ1n) is 6.61. The zero-order chi connectivity index (χ0) is 13.3. The fourth-order valence-corrected chi connectivity index (χ4v) is 2.99. The van der Waals surface area contributed by atoms with E-state index >= 15 is 0 Å². The highest BCUT2D eigenvalue weighted by atomic mass is 16.4. The van der Waals surface area contributed by atoms with Gasteiger partial charge in [-0.3, -0.25) is 9.48 Å². The zero-order valence-corrected chi connectivity index (χ0v) is 11.3. The third kappa shape index (κ3) is 2.57. The fraction of sp³-hybridized carbons (Fsp3) is 0.714. The van der Waals surface area contributed by atoms with Crippen molar-refractivity contribution in [2.24, 2.45) is 17.3 Å². The molecular formula is C14H22N2O2. The van der Waals surface area contributed by atoms with Gasteiger partial charge in [0.15, 0.2) is 0 Å². The van der Waals surface area contributed by atoms with Crippen molar-refractivity contribution in [1.82, 2.24) is 9.78 Å². The number of rotatable bonds is 2. The third-order valence-corrected chi connectivity index (χ3v) is 4.22. The molecule has 3 atom stereocenters. The number of carboxylic acid groups (broad SMARTS) is 1. The Kier molecular flexibility index (Phi) is 3.46. The second-order valence-electron chi connectivity index (χ2n) is 6.37. The predicted molar refractivity (Wildman–Crippen MR) is 69.2 cm³/mol. The number of carboxylic acids is 1. The van der Waals surface area contributed by atoms with E-state index in [0.717, 1.165) is 19.3 Å². The normalized spacial score (nSPS) is 29.2. The smallest absolute Gasteiger partial charge is 0.308 e. The lowest BCUT2D eigenvalue weighted by Crippen LogP contribution is -2.36. The van der Waals surface area contributed by atoms with Gasteiger partial charge >= 0.3 is 5.97 Å². The molecule has 0 saturated heterocycles. The summed E-state index contributed by atoms with van der Waals surface area (Å²) in [4.78, 5) is 11.4. The summed E-state index contributed by atoms with van der Waals surface area (Å²) in [6.45, 7) is 6.71. The van der Waals surface area contributed by atoms with E-state index in [0.29, 0.717) is 5.92 Å². The molecule has 100 valence electrons. The van der Waals surface area contributed by atoms with Crippen LogP contribution in [0.2, 0.25) is 0 Å². The minimum atomic E-state index is -0.692. The highest BCUT2D eigenvalue weighted by Crippen LogP contribution is 2.44. The number of hydrogen-bond donors (Lipinski definition) is 1.